The number of hydrogen-bond donors (Lipinski definition) is 2. The molecule has 20 heavy (non-hydrogen) atoms. The number of phenols is 1. The Bertz CT molecular complexity index is 506. The van der Waals surface area contributed by atoms with Crippen molar-refractivity contribution in [1.29, 1.82) is 0 Å². The number of thiocarbonyl (C=S) groups is 1. The molecule has 0 radical (unpaired) electrons. The Hall–Kier alpha value is -1.33. The van der Waals surface area contributed by atoms with Crippen molar-refractivity contribution in [2.24, 2.45) is 11.7 Å². The summed E-state index contributed by atoms with van der Waals surface area (Å²) >= 11 is 10.7. The average molecular weight is 315 g/mol. The van der Waals surface area contributed by atoms with Crippen LogP contribution in [0.5, 0.6) is 5.75 Å². The van der Waals surface area contributed by atoms with Gasteiger partial charge in [-0.25, -0.2) is 0 Å². The van der Waals surface area contributed by atoms with E-state index >= 15 is 0 Å². The van der Waals surface area contributed by atoms with Crippen LogP contribution in [0, 0.1) is 5.92 Å². The van der Waals surface area contributed by atoms with Crippen LogP contribution < -0.4 is 5.73 Å². The van der Waals surface area contributed by atoms with E-state index in [0.717, 1.165) is 0 Å². The topological polar surface area (TPSA) is 66.6 Å². The maximum atomic E-state index is 12.5. The van der Waals surface area contributed by atoms with E-state index in [2.05, 4.69) is 0 Å². The van der Waals surface area contributed by atoms with E-state index in [9.17, 15) is 9.90 Å². The number of amides is 1. The molecule has 0 saturated heterocycles. The molecule has 6 heteroatoms. The minimum Gasteiger partial charge on any atom is -0.506 e. The second-order valence-corrected chi connectivity index (χ2v) is 5.96. The van der Waals surface area contributed by atoms with Crippen molar-refractivity contribution in [3.8, 4) is 5.75 Å². The molecule has 0 fully saturated rings. The molecule has 0 spiro atoms. The van der Waals surface area contributed by atoms with Gasteiger partial charge < -0.3 is 15.7 Å². The average Bonchev–Trinajstić information content (AvgIpc) is 2.36. The molecule has 0 unspecified atom stereocenters. The summed E-state index contributed by atoms with van der Waals surface area (Å²) < 4.78 is 0. The van der Waals surface area contributed by atoms with Gasteiger partial charge in [0.25, 0.3) is 5.91 Å². The zero-order chi connectivity index (χ0) is 15.3. The summed E-state index contributed by atoms with van der Waals surface area (Å²) in [6.45, 7) is 5.15. The fraction of sp³-hybridized carbons (Fsp3) is 0.429. The van der Waals surface area contributed by atoms with Crippen LogP contribution in [0.2, 0.25) is 5.02 Å². The first-order valence-electron chi connectivity index (χ1n) is 6.37. The predicted molar refractivity (Wildman–Crippen MR) is 85.3 cm³/mol. The highest BCUT2D eigenvalue weighted by molar-refractivity contribution is 7.80. The zero-order valence-electron chi connectivity index (χ0n) is 11.6. The quantitative estimate of drug-likeness (QED) is 0.792. The van der Waals surface area contributed by atoms with Crippen molar-refractivity contribution in [3.63, 3.8) is 0 Å². The van der Waals surface area contributed by atoms with E-state index in [4.69, 9.17) is 29.6 Å². The lowest BCUT2D eigenvalue weighted by Gasteiger charge is -2.24. The molecule has 3 N–H and O–H groups in total. The third-order valence-electron chi connectivity index (χ3n) is 2.70. The van der Waals surface area contributed by atoms with Crippen molar-refractivity contribution < 1.29 is 9.90 Å². The Morgan fingerprint density at radius 2 is 2.15 bits per heavy atom. The van der Waals surface area contributed by atoms with Crippen LogP contribution in [0.1, 0.15) is 30.6 Å². The minimum absolute atomic E-state index is 0.0400. The van der Waals surface area contributed by atoms with Gasteiger partial charge in [-0.05, 0) is 24.1 Å². The van der Waals surface area contributed by atoms with Gasteiger partial charge in [0.1, 0.15) is 5.75 Å². The highest BCUT2D eigenvalue weighted by atomic mass is 35.5. The van der Waals surface area contributed by atoms with E-state index in [1.165, 1.54) is 12.1 Å². The monoisotopic (exact) mass is 314 g/mol. The maximum Gasteiger partial charge on any atom is 0.253 e. The summed E-state index contributed by atoms with van der Waals surface area (Å²) in [6, 6.07) is 4.43. The normalized spacial score (nSPS) is 10.6. The lowest BCUT2D eigenvalue weighted by atomic mass is 10.1. The number of halogens is 1. The molecule has 0 aliphatic carbocycles. The lowest BCUT2D eigenvalue weighted by Crippen LogP contribution is -2.36. The Morgan fingerprint density at radius 1 is 1.50 bits per heavy atom. The largest absolute Gasteiger partial charge is 0.506 e. The van der Waals surface area contributed by atoms with Gasteiger partial charge in [0, 0.05) is 25.1 Å². The molecule has 1 rings (SSSR count). The Morgan fingerprint density at radius 3 is 2.65 bits per heavy atom. The number of phenolic OH excluding ortho intramolecular Hbond substituents is 1. The Balaban J connectivity index is 2.90. The number of nitrogens with two attached hydrogens (primary N) is 1. The van der Waals surface area contributed by atoms with Crippen LogP contribution in [-0.2, 0) is 0 Å². The van der Waals surface area contributed by atoms with Crippen molar-refractivity contribution >= 4 is 34.7 Å². The first-order valence-corrected chi connectivity index (χ1v) is 7.16. The van der Waals surface area contributed by atoms with Gasteiger partial charge in [0.2, 0.25) is 0 Å². The summed E-state index contributed by atoms with van der Waals surface area (Å²) in [4.78, 5) is 14.5. The van der Waals surface area contributed by atoms with Crippen molar-refractivity contribution in [2.75, 3.05) is 13.1 Å². The standard InChI is InChI=1S/C14H19ClN2O2S/c1-9(2)8-17(6-5-13(16)20)14(19)10-3-4-12(18)11(15)7-10/h3-4,7,9,18H,5-6,8H2,1-2H3,(H2,16,20). The second-order valence-electron chi connectivity index (χ2n) is 5.03. The summed E-state index contributed by atoms with van der Waals surface area (Å²) in [6.07, 6.45) is 0.486. The molecule has 1 aromatic rings. The zero-order valence-corrected chi connectivity index (χ0v) is 13.2. The van der Waals surface area contributed by atoms with Crippen LogP contribution in [0.15, 0.2) is 18.2 Å². The molecule has 1 amide bonds. The van der Waals surface area contributed by atoms with Crippen LogP contribution in [0.25, 0.3) is 0 Å². The number of carbonyl (C=O) groups excluding carboxylic acids is 1. The number of benzene rings is 1. The molecule has 0 aromatic heterocycles. The van der Waals surface area contributed by atoms with E-state index in [0.29, 0.717) is 36.0 Å². The predicted octanol–water partition coefficient (Wildman–Crippen LogP) is 2.82. The first kappa shape index (κ1) is 16.7. The summed E-state index contributed by atoms with van der Waals surface area (Å²) in [5.41, 5.74) is 5.93. The molecule has 0 aliphatic heterocycles. The van der Waals surface area contributed by atoms with E-state index in [1.54, 1.807) is 11.0 Å². The van der Waals surface area contributed by atoms with Gasteiger partial charge in [-0.2, -0.15) is 0 Å². The highest BCUT2D eigenvalue weighted by Gasteiger charge is 2.18. The third-order valence-corrected chi connectivity index (χ3v) is 3.20. The van der Waals surface area contributed by atoms with Gasteiger partial charge in [0.15, 0.2) is 0 Å². The van der Waals surface area contributed by atoms with Gasteiger partial charge in [-0.3, -0.25) is 4.79 Å². The van der Waals surface area contributed by atoms with Gasteiger partial charge >= 0.3 is 0 Å². The maximum absolute atomic E-state index is 12.5. The molecule has 0 bridgehead atoms. The lowest BCUT2D eigenvalue weighted by molar-refractivity contribution is 0.0741. The molecule has 0 saturated carbocycles. The van der Waals surface area contributed by atoms with Crippen molar-refractivity contribution in [2.45, 2.75) is 20.3 Å². The first-order chi connectivity index (χ1) is 9.31. The summed E-state index contributed by atoms with van der Waals surface area (Å²) in [5.74, 6) is 0.150. The van der Waals surface area contributed by atoms with Gasteiger partial charge in [0.05, 0.1) is 10.0 Å². The molecule has 0 atom stereocenters. The van der Waals surface area contributed by atoms with Crippen molar-refractivity contribution in [1.82, 2.24) is 4.90 Å². The fourth-order valence-corrected chi connectivity index (χ4v) is 2.06. The smallest absolute Gasteiger partial charge is 0.253 e. The van der Waals surface area contributed by atoms with Crippen molar-refractivity contribution in [3.05, 3.63) is 28.8 Å². The summed E-state index contributed by atoms with van der Waals surface area (Å²) in [7, 11) is 0. The highest BCUT2D eigenvalue weighted by Crippen LogP contribution is 2.24. The third kappa shape index (κ3) is 4.98. The van der Waals surface area contributed by atoms with Gasteiger partial charge in [-0.15, -0.1) is 0 Å². The Kier molecular flexibility index (Phi) is 6.23. The summed E-state index contributed by atoms with van der Waals surface area (Å²) in [5, 5.41) is 9.56. The Labute approximate surface area is 129 Å². The molecule has 1 aromatic carbocycles. The number of carbonyl (C=O) groups is 1. The van der Waals surface area contributed by atoms with E-state index in [1.807, 2.05) is 13.8 Å². The minimum atomic E-state index is -0.142. The van der Waals surface area contributed by atoms with Crippen LogP contribution in [-0.4, -0.2) is 34.0 Å². The molecule has 4 nitrogen and oxygen atoms in total. The van der Waals surface area contributed by atoms with Gasteiger partial charge in [-0.1, -0.05) is 37.7 Å². The molecular formula is C14H19ClN2O2S. The number of aromatic hydroxyl groups is 1. The second kappa shape index (κ2) is 7.45. The molecular weight excluding hydrogens is 296 g/mol. The molecule has 0 aliphatic rings. The van der Waals surface area contributed by atoms with Crippen LogP contribution in [0.3, 0.4) is 0 Å². The molecule has 0 heterocycles. The van der Waals surface area contributed by atoms with E-state index < -0.39 is 0 Å². The molecule has 110 valence electrons. The SMILES string of the molecule is CC(C)CN(CCC(N)=S)C(=O)c1ccc(O)c(Cl)c1. The number of hydrogen-bond acceptors (Lipinski definition) is 3. The number of nitrogens with zero attached hydrogens (tertiary/aromatic N) is 1. The van der Waals surface area contributed by atoms with E-state index in [-0.39, 0.29) is 16.7 Å². The van der Waals surface area contributed by atoms with Crippen LogP contribution >= 0.6 is 23.8 Å². The number of rotatable bonds is 6. The fourth-order valence-electron chi connectivity index (χ4n) is 1.78. The van der Waals surface area contributed by atoms with Crippen LogP contribution in [0.4, 0.5) is 0 Å².